The van der Waals surface area contributed by atoms with Gasteiger partial charge in [0, 0.05) is 29.3 Å². The minimum absolute atomic E-state index is 0.259. The van der Waals surface area contributed by atoms with E-state index in [0.717, 1.165) is 23.1 Å². The second kappa shape index (κ2) is 6.28. The molecule has 0 aromatic heterocycles. The first-order chi connectivity index (χ1) is 9.88. The quantitative estimate of drug-likeness (QED) is 0.687. The van der Waals surface area contributed by atoms with E-state index in [-0.39, 0.29) is 12.1 Å². The molecule has 1 aromatic carbocycles. The largest absolute Gasteiger partial charge is 0.478 e. The molecule has 0 fully saturated rings. The average molecular weight is 355 g/mol. The van der Waals surface area contributed by atoms with Crippen molar-refractivity contribution < 1.29 is 19.8 Å². The Morgan fingerprint density at radius 3 is 2.76 bits per heavy atom. The van der Waals surface area contributed by atoms with Gasteiger partial charge < -0.3 is 20.8 Å². The Bertz CT molecular complexity index is 615. The van der Waals surface area contributed by atoms with Crippen LogP contribution in [0.5, 0.6) is 0 Å². The number of nitrogens with zero attached hydrogens (tertiary/aromatic N) is 1. The molecule has 112 valence electrons. The van der Waals surface area contributed by atoms with Crippen molar-refractivity contribution in [3.8, 4) is 0 Å². The van der Waals surface area contributed by atoms with E-state index in [0.29, 0.717) is 6.08 Å². The zero-order chi connectivity index (χ0) is 15.6. The Labute approximate surface area is 130 Å². The van der Waals surface area contributed by atoms with Crippen molar-refractivity contribution in [1.82, 2.24) is 0 Å². The number of hydrogen-bond acceptors (Lipinski definition) is 4. The van der Waals surface area contributed by atoms with E-state index < -0.39 is 18.0 Å². The monoisotopic (exact) mass is 354 g/mol. The zero-order valence-corrected chi connectivity index (χ0v) is 12.7. The van der Waals surface area contributed by atoms with E-state index in [4.69, 9.17) is 15.9 Å². The van der Waals surface area contributed by atoms with Crippen LogP contribution in [0.3, 0.4) is 0 Å². The molecule has 0 aliphatic carbocycles. The van der Waals surface area contributed by atoms with Crippen LogP contribution in [0.4, 0.5) is 5.69 Å². The number of nitrogens with two attached hydrogens (primary N) is 1. The van der Waals surface area contributed by atoms with E-state index >= 15 is 0 Å². The third-order valence-corrected chi connectivity index (χ3v) is 3.87. The third kappa shape index (κ3) is 3.62. The summed E-state index contributed by atoms with van der Waals surface area (Å²) in [5, 5.41) is 17.8. The minimum Gasteiger partial charge on any atom is -0.478 e. The first-order valence-electron chi connectivity index (χ1n) is 6.35. The highest BCUT2D eigenvalue weighted by atomic mass is 79.9. The van der Waals surface area contributed by atoms with E-state index in [1.807, 2.05) is 23.1 Å². The van der Waals surface area contributed by atoms with Crippen molar-refractivity contribution in [1.29, 1.82) is 0 Å². The lowest BCUT2D eigenvalue weighted by atomic mass is 10.1. The number of halogens is 1. The van der Waals surface area contributed by atoms with Crippen LogP contribution < -0.4 is 10.6 Å². The molecule has 1 aliphatic heterocycles. The Hall–Kier alpha value is -1.86. The number of fused-ring (bicyclic) bond motifs is 1. The number of anilines is 1. The summed E-state index contributed by atoms with van der Waals surface area (Å²) >= 11 is 3.40. The van der Waals surface area contributed by atoms with Crippen molar-refractivity contribution in [3.63, 3.8) is 0 Å². The van der Waals surface area contributed by atoms with Gasteiger partial charge in [-0.05, 0) is 24.1 Å². The van der Waals surface area contributed by atoms with E-state index in [2.05, 4.69) is 15.9 Å². The highest BCUT2D eigenvalue weighted by molar-refractivity contribution is 9.10. The second-order valence-corrected chi connectivity index (χ2v) is 5.73. The standard InChI is InChI=1S/C14H15BrN2O4/c15-9-2-1-8-3-4-17(12(8)5-9)7-11(16)10(14(20)21)6-13(18)19/h1-2,5-6,11H,3-4,7,16H2,(H,18,19)(H,20,21)/b10-6-. The van der Waals surface area contributed by atoms with Gasteiger partial charge in [0.05, 0.1) is 11.6 Å². The van der Waals surface area contributed by atoms with E-state index in [1.54, 1.807) is 0 Å². The highest BCUT2D eigenvalue weighted by Crippen LogP contribution is 2.31. The van der Waals surface area contributed by atoms with E-state index in [9.17, 15) is 9.59 Å². The first kappa shape index (κ1) is 15.5. The summed E-state index contributed by atoms with van der Waals surface area (Å²) in [7, 11) is 0. The molecule has 0 radical (unpaired) electrons. The predicted octanol–water partition coefficient (Wildman–Crippen LogP) is 1.23. The number of rotatable bonds is 5. The molecule has 1 atom stereocenters. The number of benzene rings is 1. The van der Waals surface area contributed by atoms with Gasteiger partial charge in [0.1, 0.15) is 0 Å². The van der Waals surface area contributed by atoms with Gasteiger partial charge in [0.2, 0.25) is 0 Å². The molecule has 0 saturated heterocycles. The fourth-order valence-electron chi connectivity index (χ4n) is 2.40. The maximum absolute atomic E-state index is 11.1. The number of carboxylic acid groups (broad SMARTS) is 2. The van der Waals surface area contributed by atoms with Crippen LogP contribution in [0.15, 0.2) is 34.3 Å². The fourth-order valence-corrected chi connectivity index (χ4v) is 2.75. The zero-order valence-electron chi connectivity index (χ0n) is 11.1. The lowest BCUT2D eigenvalue weighted by molar-refractivity contribution is -0.135. The van der Waals surface area contributed by atoms with Gasteiger partial charge in [-0.3, -0.25) is 0 Å². The first-order valence-corrected chi connectivity index (χ1v) is 7.14. The van der Waals surface area contributed by atoms with Gasteiger partial charge in [-0.15, -0.1) is 0 Å². The normalized spacial score (nSPS) is 15.7. The van der Waals surface area contributed by atoms with Gasteiger partial charge in [-0.25, -0.2) is 9.59 Å². The fraction of sp³-hybridized carbons (Fsp3) is 0.286. The summed E-state index contributed by atoms with van der Waals surface area (Å²) in [6, 6.07) is 5.05. The van der Waals surface area contributed by atoms with Crippen molar-refractivity contribution in [2.24, 2.45) is 5.73 Å². The molecule has 0 bridgehead atoms. The summed E-state index contributed by atoms with van der Waals surface area (Å²) in [6.07, 6.45) is 1.52. The minimum atomic E-state index is -1.31. The highest BCUT2D eigenvalue weighted by Gasteiger charge is 2.25. The Kier molecular flexibility index (Phi) is 4.64. The number of carbonyl (C=O) groups is 2. The molecule has 4 N–H and O–H groups in total. The molecule has 1 heterocycles. The lowest BCUT2D eigenvalue weighted by Gasteiger charge is -2.24. The maximum atomic E-state index is 11.1. The van der Waals surface area contributed by atoms with Crippen molar-refractivity contribution >= 4 is 33.6 Å². The summed E-state index contributed by atoms with van der Waals surface area (Å²) in [6.45, 7) is 0.994. The van der Waals surface area contributed by atoms with Gasteiger partial charge in [-0.2, -0.15) is 0 Å². The Morgan fingerprint density at radius 2 is 2.14 bits per heavy atom. The number of hydrogen-bond donors (Lipinski definition) is 3. The topological polar surface area (TPSA) is 104 Å². The van der Waals surface area contributed by atoms with Gasteiger partial charge in [-0.1, -0.05) is 22.0 Å². The molecule has 0 saturated carbocycles. The van der Waals surface area contributed by atoms with Gasteiger partial charge in [0.25, 0.3) is 0 Å². The van der Waals surface area contributed by atoms with Crippen LogP contribution in [-0.4, -0.2) is 41.3 Å². The van der Waals surface area contributed by atoms with Crippen LogP contribution in [0.25, 0.3) is 0 Å². The smallest absolute Gasteiger partial charge is 0.333 e. The van der Waals surface area contributed by atoms with Crippen molar-refractivity contribution in [2.75, 3.05) is 18.0 Å². The van der Waals surface area contributed by atoms with Crippen LogP contribution in [0.2, 0.25) is 0 Å². The van der Waals surface area contributed by atoms with Gasteiger partial charge in [0.15, 0.2) is 0 Å². The molecule has 21 heavy (non-hydrogen) atoms. The van der Waals surface area contributed by atoms with Crippen molar-refractivity contribution in [3.05, 3.63) is 39.9 Å². The summed E-state index contributed by atoms with van der Waals surface area (Å²) in [5.74, 6) is -2.62. The number of carboxylic acids is 2. The molecule has 6 nitrogen and oxygen atoms in total. The summed E-state index contributed by atoms with van der Waals surface area (Å²) in [5.41, 5.74) is 7.75. The third-order valence-electron chi connectivity index (χ3n) is 3.38. The van der Waals surface area contributed by atoms with Crippen LogP contribution in [0, 0.1) is 0 Å². The lowest BCUT2D eigenvalue weighted by Crippen LogP contribution is -2.40. The van der Waals surface area contributed by atoms with Crippen LogP contribution in [0.1, 0.15) is 5.56 Å². The molecule has 1 unspecified atom stereocenters. The molecule has 0 amide bonds. The molecule has 0 spiro atoms. The number of aliphatic carboxylic acids is 2. The molecular formula is C14H15BrN2O4. The molecular weight excluding hydrogens is 340 g/mol. The molecule has 1 aromatic rings. The maximum Gasteiger partial charge on any atom is 0.333 e. The summed E-state index contributed by atoms with van der Waals surface area (Å²) < 4.78 is 0.932. The molecule has 7 heteroatoms. The predicted molar refractivity (Wildman–Crippen MR) is 81.4 cm³/mol. The Morgan fingerprint density at radius 1 is 1.43 bits per heavy atom. The average Bonchev–Trinajstić information content (AvgIpc) is 2.78. The summed E-state index contributed by atoms with van der Waals surface area (Å²) in [4.78, 5) is 23.8. The molecule has 1 aliphatic rings. The SMILES string of the molecule is NC(CN1CCc2ccc(Br)cc21)/C(=C/C(=O)O)C(=O)O. The van der Waals surface area contributed by atoms with E-state index in [1.165, 1.54) is 5.56 Å². The van der Waals surface area contributed by atoms with Crippen LogP contribution in [-0.2, 0) is 16.0 Å². The van der Waals surface area contributed by atoms with Crippen LogP contribution >= 0.6 is 15.9 Å². The van der Waals surface area contributed by atoms with Crippen molar-refractivity contribution in [2.45, 2.75) is 12.5 Å². The molecule has 2 rings (SSSR count). The van der Waals surface area contributed by atoms with Gasteiger partial charge >= 0.3 is 11.9 Å². The second-order valence-electron chi connectivity index (χ2n) is 4.82. The Balaban J connectivity index is 2.18.